The molecule has 1 aliphatic carbocycles. The molecule has 0 bridgehead atoms. The largest absolute Gasteiger partial charge is 0.477 e. The Bertz CT molecular complexity index is 1520. The quantitative estimate of drug-likeness (QED) is 0.133. The Hall–Kier alpha value is -3.77. The molecular weight excluding hydrogens is 556 g/mol. The number of nitrogens with two attached hydrogens (primary N) is 1. The number of anilines is 1. The summed E-state index contributed by atoms with van der Waals surface area (Å²) in [5, 5.41) is 33.8. The van der Waals surface area contributed by atoms with Crippen LogP contribution < -0.4 is 11.1 Å². The number of hydrogen-bond acceptors (Lipinski definition) is 14. The Kier molecular flexibility index (Phi) is 6.36. The van der Waals surface area contributed by atoms with Crippen LogP contribution in [0, 0.1) is 0 Å². The van der Waals surface area contributed by atoms with Gasteiger partial charge >= 0.3 is 5.97 Å². The molecule has 6 rings (SSSR count). The van der Waals surface area contributed by atoms with E-state index >= 15 is 0 Å². The highest BCUT2D eigenvalue weighted by atomic mass is 32.2. The molecule has 3 aromatic heterocycles. The van der Waals surface area contributed by atoms with E-state index in [-0.39, 0.29) is 28.3 Å². The van der Waals surface area contributed by atoms with Gasteiger partial charge in [-0.2, -0.15) is 0 Å². The molecule has 2 aliphatic heterocycles. The average Bonchev–Trinajstić information content (AvgIpc) is 3.44. The molecule has 15 nitrogen and oxygen atoms in total. The summed E-state index contributed by atoms with van der Waals surface area (Å²) in [7, 11) is 0. The summed E-state index contributed by atoms with van der Waals surface area (Å²) in [6.45, 7) is 0. The van der Waals surface area contributed by atoms with Crippen LogP contribution in [0.1, 0.15) is 18.5 Å². The van der Waals surface area contributed by atoms with Gasteiger partial charge in [0.25, 0.3) is 11.8 Å². The number of amides is 2. The van der Waals surface area contributed by atoms with Crippen molar-refractivity contribution in [2.45, 2.75) is 35.4 Å². The summed E-state index contributed by atoms with van der Waals surface area (Å²) in [6.07, 6.45) is 1.65. The number of carbonyl (C=O) groups is 3. The van der Waals surface area contributed by atoms with E-state index in [1.807, 2.05) is 0 Å². The minimum atomic E-state index is -1.22. The van der Waals surface area contributed by atoms with Gasteiger partial charge < -0.3 is 21.0 Å². The highest BCUT2D eigenvalue weighted by Gasteiger charge is 2.54. The van der Waals surface area contributed by atoms with Gasteiger partial charge in [-0.25, -0.2) is 9.78 Å². The lowest BCUT2D eigenvalue weighted by atomic mass is 10.0. The monoisotopic (exact) mass is 574 g/mol. The van der Waals surface area contributed by atoms with Gasteiger partial charge in [-0.05, 0) is 41.0 Å². The second-order valence-electron chi connectivity index (χ2n) is 8.42. The highest BCUT2D eigenvalue weighted by Crippen LogP contribution is 2.41. The van der Waals surface area contributed by atoms with Crippen molar-refractivity contribution in [2.24, 2.45) is 5.16 Å². The molecule has 3 aromatic rings. The van der Waals surface area contributed by atoms with Crippen LogP contribution in [0.3, 0.4) is 0 Å². The van der Waals surface area contributed by atoms with Gasteiger partial charge in [0.05, 0.1) is 0 Å². The second kappa shape index (κ2) is 9.84. The Balaban J connectivity index is 1.17. The Morgan fingerprint density at radius 3 is 2.92 bits per heavy atom. The first-order valence-corrected chi connectivity index (χ1v) is 14.1. The number of thioether (sulfide) groups is 2. The molecule has 1 saturated heterocycles. The number of fused-ring (bicyclic) bond motifs is 2. The first kappa shape index (κ1) is 24.6. The molecule has 38 heavy (non-hydrogen) atoms. The fourth-order valence-electron chi connectivity index (χ4n) is 3.78. The van der Waals surface area contributed by atoms with Crippen molar-refractivity contribution in [1.29, 1.82) is 0 Å². The number of nitrogens with one attached hydrogen (secondary N) is 1. The van der Waals surface area contributed by atoms with Crippen LogP contribution >= 0.6 is 34.9 Å². The van der Waals surface area contributed by atoms with E-state index in [1.165, 1.54) is 33.1 Å². The third kappa shape index (κ3) is 4.65. The number of nitrogen functional groups attached to an aromatic ring is 1. The van der Waals surface area contributed by atoms with E-state index < -0.39 is 29.2 Å². The van der Waals surface area contributed by atoms with Crippen LogP contribution in [-0.2, 0) is 19.2 Å². The number of rotatable bonds is 9. The van der Waals surface area contributed by atoms with Gasteiger partial charge in [-0.15, -0.1) is 49.7 Å². The van der Waals surface area contributed by atoms with Crippen LogP contribution in [0.2, 0.25) is 0 Å². The molecule has 2 atom stereocenters. The van der Waals surface area contributed by atoms with Crippen LogP contribution in [0.15, 0.2) is 39.0 Å². The second-order valence-corrected chi connectivity index (χ2v) is 11.4. The molecule has 196 valence electrons. The molecule has 5 heterocycles. The van der Waals surface area contributed by atoms with Crippen molar-refractivity contribution in [3.05, 3.63) is 34.5 Å². The highest BCUT2D eigenvalue weighted by molar-refractivity contribution is 8.01. The third-order valence-electron chi connectivity index (χ3n) is 5.77. The Morgan fingerprint density at radius 2 is 2.18 bits per heavy atom. The number of aliphatic carboxylic acids is 1. The molecule has 0 unspecified atom stereocenters. The van der Waals surface area contributed by atoms with E-state index in [9.17, 15) is 19.5 Å². The van der Waals surface area contributed by atoms with Crippen molar-refractivity contribution < 1.29 is 24.3 Å². The lowest BCUT2D eigenvalue weighted by Gasteiger charge is -2.49. The molecule has 18 heteroatoms. The van der Waals surface area contributed by atoms with E-state index in [0.29, 0.717) is 27.8 Å². The zero-order valence-electron chi connectivity index (χ0n) is 19.3. The maximum atomic E-state index is 13.1. The molecule has 0 radical (unpaired) electrons. The van der Waals surface area contributed by atoms with Crippen molar-refractivity contribution in [1.82, 2.24) is 40.5 Å². The molecule has 3 aliphatic rings. The van der Waals surface area contributed by atoms with Gasteiger partial charge in [0.15, 0.2) is 16.5 Å². The van der Waals surface area contributed by atoms with Gasteiger partial charge in [-0.3, -0.25) is 14.5 Å². The van der Waals surface area contributed by atoms with Crippen molar-refractivity contribution in [2.75, 3.05) is 17.2 Å². The number of tetrazole rings is 1. The number of carboxylic acids is 1. The number of carboxylic acid groups (broad SMARTS) is 1. The normalized spacial score (nSPS) is 21.3. The van der Waals surface area contributed by atoms with E-state index in [1.54, 1.807) is 17.5 Å². The maximum Gasteiger partial charge on any atom is 0.352 e. The summed E-state index contributed by atoms with van der Waals surface area (Å²) in [4.78, 5) is 49.0. The standard InChI is InChI=1S/C20H18N10O5S3/c21-20-22-10(7-38-20)13(26-35-9-1-2-9)16(31)23-14-17(32)29-15(19(33)34)8(6-37-18(14)29)5-36-12-4-3-11-24-27-28-30(11)25-12/h3-4,7,9,14,18H,1-2,5-6H2,(H2,21,22)(H,23,31)(H,33,34)/t14-,18+/m1/s1. The SMILES string of the molecule is Nc1nc(C(=NOC2CC2)C(=O)N[C@@H]2C(=O)N3C(C(=O)O)=C(CSc4ccc5nnnn5n4)CS[C@@H]23)cs1. The zero-order valence-corrected chi connectivity index (χ0v) is 21.7. The number of carbonyl (C=O) groups excluding carboxylic acids is 2. The molecule has 2 amide bonds. The topological polar surface area (TPSA) is 203 Å². The minimum Gasteiger partial charge on any atom is -0.477 e. The number of oxime groups is 1. The van der Waals surface area contributed by atoms with E-state index in [4.69, 9.17) is 10.6 Å². The summed E-state index contributed by atoms with van der Waals surface area (Å²) >= 11 is 3.82. The van der Waals surface area contributed by atoms with Crippen LogP contribution in [-0.4, -0.2) is 92.8 Å². The number of nitrogens with zero attached hydrogens (tertiary/aromatic N) is 8. The summed E-state index contributed by atoms with van der Waals surface area (Å²) in [5.74, 6) is -1.74. The lowest BCUT2D eigenvalue weighted by molar-refractivity contribution is -0.150. The van der Waals surface area contributed by atoms with Crippen molar-refractivity contribution in [3.8, 4) is 0 Å². The van der Waals surface area contributed by atoms with Crippen LogP contribution in [0.25, 0.3) is 5.65 Å². The van der Waals surface area contributed by atoms with Crippen LogP contribution in [0.5, 0.6) is 0 Å². The number of β-lactam (4-membered cyclic amide) rings is 1. The molecule has 2 fully saturated rings. The van der Waals surface area contributed by atoms with E-state index in [0.717, 1.165) is 24.2 Å². The fraction of sp³-hybridized carbons (Fsp3) is 0.350. The molecule has 0 spiro atoms. The first-order chi connectivity index (χ1) is 18.4. The minimum absolute atomic E-state index is 0.0481. The number of aromatic nitrogens is 6. The molecule has 1 saturated carbocycles. The number of thiazole rings is 1. The predicted octanol–water partition coefficient (Wildman–Crippen LogP) is -0.0280. The van der Waals surface area contributed by atoms with Crippen molar-refractivity contribution >= 4 is 69.1 Å². The maximum absolute atomic E-state index is 13.1. The summed E-state index contributed by atoms with van der Waals surface area (Å²) < 4.78 is 1.28. The molecular formula is C20H18N10O5S3. The fourth-order valence-corrected chi connectivity index (χ4v) is 6.66. The van der Waals surface area contributed by atoms with Gasteiger partial charge in [-0.1, -0.05) is 5.16 Å². The van der Waals surface area contributed by atoms with E-state index in [2.05, 4.69) is 36.1 Å². The summed E-state index contributed by atoms with van der Waals surface area (Å²) in [6, 6.07) is 2.51. The van der Waals surface area contributed by atoms with Gasteiger partial charge in [0.1, 0.15) is 33.9 Å². The number of hydrogen-bond donors (Lipinski definition) is 3. The Morgan fingerprint density at radius 1 is 1.34 bits per heavy atom. The lowest BCUT2D eigenvalue weighted by Crippen LogP contribution is -2.71. The van der Waals surface area contributed by atoms with Crippen LogP contribution in [0.4, 0.5) is 5.13 Å². The Labute approximate surface area is 225 Å². The van der Waals surface area contributed by atoms with Gasteiger partial charge in [0, 0.05) is 16.9 Å². The molecule has 0 aromatic carbocycles. The first-order valence-electron chi connectivity index (χ1n) is 11.2. The average molecular weight is 575 g/mol. The van der Waals surface area contributed by atoms with Crippen molar-refractivity contribution in [3.63, 3.8) is 0 Å². The third-order valence-corrected chi connectivity index (χ3v) is 8.79. The van der Waals surface area contributed by atoms with Gasteiger partial charge in [0.2, 0.25) is 0 Å². The molecule has 4 N–H and O–H groups in total. The summed E-state index contributed by atoms with van der Waals surface area (Å²) in [5.41, 5.74) is 6.83. The zero-order chi connectivity index (χ0) is 26.4. The smallest absolute Gasteiger partial charge is 0.352 e. The predicted molar refractivity (Wildman–Crippen MR) is 136 cm³/mol.